The third kappa shape index (κ3) is 3.53. The first-order valence-corrected chi connectivity index (χ1v) is 6.48. The van der Waals surface area contributed by atoms with Crippen molar-refractivity contribution < 1.29 is 4.79 Å². The van der Waals surface area contributed by atoms with E-state index in [4.69, 9.17) is 11.1 Å². The topological polar surface area (TPSA) is 82.2 Å². The van der Waals surface area contributed by atoms with Gasteiger partial charge < -0.3 is 0 Å². The maximum Gasteiger partial charge on any atom is 0.275 e. The van der Waals surface area contributed by atoms with Crippen LogP contribution < -0.4 is 11.3 Å². The predicted octanol–water partition coefficient (Wildman–Crippen LogP) is 1.39. The molecule has 1 amide bonds. The standard InChI is InChI=1S/C12H18N4OS/c1-8(4-5-13)16(3)7-10-6-11(12(17)15-14)18-9(10)2/h6,8H,4,7,14H2,1-3H3,(H,15,17). The van der Waals surface area contributed by atoms with Gasteiger partial charge in [0.25, 0.3) is 5.91 Å². The zero-order valence-electron chi connectivity index (χ0n) is 10.9. The molecule has 1 unspecified atom stereocenters. The Morgan fingerprint density at radius 1 is 1.72 bits per heavy atom. The number of nitrogens with two attached hydrogens (primary N) is 1. The maximum absolute atomic E-state index is 11.4. The molecule has 0 saturated carbocycles. The van der Waals surface area contributed by atoms with E-state index in [9.17, 15) is 4.79 Å². The van der Waals surface area contributed by atoms with Crippen molar-refractivity contribution in [3.8, 4) is 6.07 Å². The van der Waals surface area contributed by atoms with Crippen molar-refractivity contribution >= 4 is 17.2 Å². The lowest BCUT2D eigenvalue weighted by Gasteiger charge is -2.22. The predicted molar refractivity (Wildman–Crippen MR) is 71.9 cm³/mol. The molecule has 0 saturated heterocycles. The van der Waals surface area contributed by atoms with E-state index in [0.29, 0.717) is 11.3 Å². The first-order valence-electron chi connectivity index (χ1n) is 5.67. The largest absolute Gasteiger partial charge is 0.298 e. The molecule has 1 rings (SSSR count). The Morgan fingerprint density at radius 2 is 2.39 bits per heavy atom. The van der Waals surface area contributed by atoms with E-state index in [2.05, 4.69) is 16.4 Å². The van der Waals surface area contributed by atoms with Crippen LogP contribution in [-0.4, -0.2) is 23.9 Å². The van der Waals surface area contributed by atoms with Crippen molar-refractivity contribution in [2.45, 2.75) is 32.9 Å². The van der Waals surface area contributed by atoms with Gasteiger partial charge in [-0.25, -0.2) is 5.84 Å². The van der Waals surface area contributed by atoms with Crippen LogP contribution in [0, 0.1) is 18.3 Å². The molecule has 0 aliphatic heterocycles. The summed E-state index contributed by atoms with van der Waals surface area (Å²) in [5.74, 6) is 4.85. The van der Waals surface area contributed by atoms with Crippen molar-refractivity contribution in [3.63, 3.8) is 0 Å². The van der Waals surface area contributed by atoms with Gasteiger partial charge in [-0.2, -0.15) is 5.26 Å². The molecule has 0 aliphatic rings. The smallest absolute Gasteiger partial charge is 0.275 e. The van der Waals surface area contributed by atoms with Gasteiger partial charge in [0, 0.05) is 17.5 Å². The second-order valence-corrected chi connectivity index (χ2v) is 5.55. The van der Waals surface area contributed by atoms with E-state index < -0.39 is 0 Å². The zero-order valence-corrected chi connectivity index (χ0v) is 11.7. The molecule has 1 aromatic heterocycles. The SMILES string of the molecule is Cc1sc(C(=O)NN)cc1CN(C)C(C)CC#N. The number of hydrazine groups is 1. The van der Waals surface area contributed by atoms with Crippen LogP contribution in [0.4, 0.5) is 0 Å². The van der Waals surface area contributed by atoms with Crippen LogP contribution in [-0.2, 0) is 6.54 Å². The lowest BCUT2D eigenvalue weighted by Crippen LogP contribution is -2.29. The molecule has 1 aromatic rings. The maximum atomic E-state index is 11.4. The van der Waals surface area contributed by atoms with E-state index in [-0.39, 0.29) is 11.9 Å². The Hall–Kier alpha value is -1.42. The lowest BCUT2D eigenvalue weighted by molar-refractivity contribution is 0.0957. The summed E-state index contributed by atoms with van der Waals surface area (Å²) in [4.78, 5) is 15.2. The number of thiophene rings is 1. The molecule has 0 aliphatic carbocycles. The third-order valence-corrected chi connectivity index (χ3v) is 4.03. The zero-order chi connectivity index (χ0) is 13.7. The number of nitrogens with one attached hydrogen (secondary N) is 1. The number of nitriles is 1. The molecule has 0 fully saturated rings. The van der Waals surface area contributed by atoms with Gasteiger partial charge in [-0.15, -0.1) is 11.3 Å². The Labute approximate surface area is 111 Å². The highest BCUT2D eigenvalue weighted by Gasteiger charge is 2.15. The molecular formula is C12H18N4OS. The Bertz CT molecular complexity index is 463. The average Bonchev–Trinajstić information content (AvgIpc) is 2.70. The minimum absolute atomic E-state index is 0.195. The third-order valence-electron chi connectivity index (χ3n) is 2.93. The number of nitrogen functional groups attached to an aromatic ring is 1. The van der Waals surface area contributed by atoms with Crippen LogP contribution in [0.5, 0.6) is 0 Å². The minimum Gasteiger partial charge on any atom is -0.298 e. The minimum atomic E-state index is -0.262. The molecule has 1 heterocycles. The van der Waals surface area contributed by atoms with Gasteiger partial charge in [0.1, 0.15) is 0 Å². The van der Waals surface area contributed by atoms with E-state index >= 15 is 0 Å². The summed E-state index contributed by atoms with van der Waals surface area (Å²) in [6.07, 6.45) is 0.496. The molecule has 0 aromatic carbocycles. The number of nitrogens with zero attached hydrogens (tertiary/aromatic N) is 2. The number of carbonyl (C=O) groups excluding carboxylic acids is 1. The highest BCUT2D eigenvalue weighted by molar-refractivity contribution is 7.14. The summed E-state index contributed by atoms with van der Waals surface area (Å²) in [6, 6.07) is 4.22. The first kappa shape index (κ1) is 14.6. The normalized spacial score (nSPS) is 12.2. The highest BCUT2D eigenvalue weighted by atomic mass is 32.1. The molecule has 3 N–H and O–H groups in total. The molecule has 6 heteroatoms. The number of aryl methyl sites for hydroxylation is 1. The van der Waals surface area contributed by atoms with Crippen molar-refractivity contribution in [1.29, 1.82) is 5.26 Å². The number of hydrogen-bond acceptors (Lipinski definition) is 5. The monoisotopic (exact) mass is 266 g/mol. The summed E-state index contributed by atoms with van der Waals surface area (Å²) in [5, 5.41) is 8.67. The van der Waals surface area contributed by atoms with Crippen LogP contribution in [0.15, 0.2) is 6.07 Å². The molecule has 0 radical (unpaired) electrons. The molecule has 0 bridgehead atoms. The highest BCUT2D eigenvalue weighted by Crippen LogP contribution is 2.23. The van der Waals surface area contributed by atoms with E-state index in [1.807, 2.05) is 27.0 Å². The summed E-state index contributed by atoms with van der Waals surface area (Å²) >= 11 is 1.43. The van der Waals surface area contributed by atoms with Crippen molar-refractivity contribution in [2.75, 3.05) is 7.05 Å². The summed E-state index contributed by atoms with van der Waals surface area (Å²) in [5.41, 5.74) is 3.24. The fourth-order valence-electron chi connectivity index (χ4n) is 1.57. The van der Waals surface area contributed by atoms with Crippen LogP contribution >= 0.6 is 11.3 Å². The second kappa shape index (κ2) is 6.50. The van der Waals surface area contributed by atoms with Crippen LogP contribution in [0.2, 0.25) is 0 Å². The van der Waals surface area contributed by atoms with Gasteiger partial charge in [0.15, 0.2) is 0 Å². The number of rotatable bonds is 5. The first-order chi connectivity index (χ1) is 8.49. The quantitative estimate of drug-likeness (QED) is 0.479. The molecule has 18 heavy (non-hydrogen) atoms. The Balaban J connectivity index is 2.76. The van der Waals surface area contributed by atoms with Gasteiger partial charge in [-0.05, 0) is 32.5 Å². The number of amides is 1. The fraction of sp³-hybridized carbons (Fsp3) is 0.500. The van der Waals surface area contributed by atoms with E-state index in [1.54, 1.807) is 0 Å². The van der Waals surface area contributed by atoms with Gasteiger partial charge in [-0.1, -0.05) is 0 Å². The fourth-order valence-corrected chi connectivity index (χ4v) is 2.51. The van der Waals surface area contributed by atoms with Gasteiger partial charge >= 0.3 is 0 Å². The van der Waals surface area contributed by atoms with Crippen molar-refractivity contribution in [1.82, 2.24) is 10.3 Å². The number of carbonyl (C=O) groups is 1. The van der Waals surface area contributed by atoms with Gasteiger partial charge in [0.05, 0.1) is 17.4 Å². The molecule has 98 valence electrons. The van der Waals surface area contributed by atoms with Crippen molar-refractivity contribution in [2.24, 2.45) is 5.84 Å². The number of hydrogen-bond donors (Lipinski definition) is 2. The van der Waals surface area contributed by atoms with Gasteiger partial charge in [0.2, 0.25) is 0 Å². The van der Waals surface area contributed by atoms with Crippen LogP contribution in [0.3, 0.4) is 0 Å². The van der Waals surface area contributed by atoms with Gasteiger partial charge in [-0.3, -0.25) is 15.1 Å². The lowest BCUT2D eigenvalue weighted by atomic mass is 10.2. The van der Waals surface area contributed by atoms with Crippen molar-refractivity contribution in [3.05, 3.63) is 21.4 Å². The van der Waals surface area contributed by atoms with Crippen LogP contribution in [0.1, 0.15) is 33.5 Å². The van der Waals surface area contributed by atoms with E-state index in [1.165, 1.54) is 11.3 Å². The second-order valence-electron chi connectivity index (χ2n) is 4.29. The average molecular weight is 266 g/mol. The summed E-state index contributed by atoms with van der Waals surface area (Å²) in [7, 11) is 1.97. The summed E-state index contributed by atoms with van der Waals surface area (Å²) in [6.45, 7) is 4.72. The van der Waals surface area contributed by atoms with Crippen LogP contribution in [0.25, 0.3) is 0 Å². The Morgan fingerprint density at radius 3 is 2.94 bits per heavy atom. The molecule has 5 nitrogen and oxygen atoms in total. The molecular weight excluding hydrogens is 248 g/mol. The molecule has 1 atom stereocenters. The molecule has 0 spiro atoms. The summed E-state index contributed by atoms with van der Waals surface area (Å²) < 4.78 is 0. The Kier molecular flexibility index (Phi) is 5.28. The van der Waals surface area contributed by atoms with E-state index in [0.717, 1.165) is 17.0 Å².